The number of nitro benzene ring substituents is 1. The monoisotopic (exact) mass is 318 g/mol. The third kappa shape index (κ3) is 3.83. The molecule has 1 aromatic carbocycles. The summed E-state index contributed by atoms with van der Waals surface area (Å²) in [5.41, 5.74) is -0.119. The lowest BCUT2D eigenvalue weighted by atomic mass is 10.2. The first kappa shape index (κ1) is 13.7. The second-order valence-corrected chi connectivity index (χ2v) is 4.65. The SMILES string of the molecule is C=C(Br)CNC(=O)c1cc([N+](=O)[O-])ccc1Cl. The quantitative estimate of drug-likeness (QED) is 0.685. The number of nitro groups is 1. The molecular formula is C10H8BrClN2O3. The van der Waals surface area contributed by atoms with Gasteiger partial charge in [-0.2, -0.15) is 0 Å². The van der Waals surface area contributed by atoms with Crippen molar-refractivity contribution in [2.75, 3.05) is 6.54 Å². The zero-order valence-corrected chi connectivity index (χ0v) is 10.9. The Morgan fingerprint density at radius 3 is 2.76 bits per heavy atom. The van der Waals surface area contributed by atoms with Crippen molar-refractivity contribution in [3.63, 3.8) is 0 Å². The average molecular weight is 320 g/mol. The molecule has 0 fully saturated rings. The molecule has 5 nitrogen and oxygen atoms in total. The standard InChI is InChI=1S/C10H8BrClN2O3/c1-6(11)5-13-10(15)8-4-7(14(16)17)2-3-9(8)12/h2-4H,1,5H2,(H,13,15). The molecule has 1 amide bonds. The molecule has 0 spiro atoms. The Morgan fingerprint density at radius 2 is 2.24 bits per heavy atom. The Balaban J connectivity index is 2.95. The van der Waals surface area contributed by atoms with Crippen LogP contribution in [0.5, 0.6) is 0 Å². The molecule has 17 heavy (non-hydrogen) atoms. The lowest BCUT2D eigenvalue weighted by molar-refractivity contribution is -0.384. The molecule has 0 heterocycles. The van der Waals surface area contributed by atoms with Crippen LogP contribution in [0.4, 0.5) is 5.69 Å². The maximum absolute atomic E-state index is 11.7. The molecule has 0 aromatic heterocycles. The van der Waals surface area contributed by atoms with Crippen LogP contribution in [0.15, 0.2) is 29.3 Å². The summed E-state index contributed by atoms with van der Waals surface area (Å²) in [5, 5.41) is 13.2. The molecule has 0 aliphatic heterocycles. The number of hydrogen-bond acceptors (Lipinski definition) is 3. The fourth-order valence-corrected chi connectivity index (χ4v) is 1.42. The molecule has 0 saturated carbocycles. The van der Waals surface area contributed by atoms with E-state index >= 15 is 0 Å². The van der Waals surface area contributed by atoms with Crippen LogP contribution in [-0.2, 0) is 0 Å². The highest BCUT2D eigenvalue weighted by molar-refractivity contribution is 9.11. The van der Waals surface area contributed by atoms with Crippen molar-refractivity contribution in [1.29, 1.82) is 0 Å². The summed E-state index contributed by atoms with van der Waals surface area (Å²) in [6.07, 6.45) is 0. The maximum atomic E-state index is 11.7. The lowest BCUT2D eigenvalue weighted by Crippen LogP contribution is -2.24. The molecular weight excluding hydrogens is 311 g/mol. The molecule has 0 saturated heterocycles. The van der Waals surface area contributed by atoms with Gasteiger partial charge in [-0.3, -0.25) is 14.9 Å². The van der Waals surface area contributed by atoms with Crippen LogP contribution < -0.4 is 5.32 Å². The van der Waals surface area contributed by atoms with Crippen LogP contribution in [0.1, 0.15) is 10.4 Å². The van der Waals surface area contributed by atoms with E-state index in [1.807, 2.05) is 0 Å². The summed E-state index contributed by atoms with van der Waals surface area (Å²) in [5.74, 6) is -0.487. The largest absolute Gasteiger partial charge is 0.347 e. The van der Waals surface area contributed by atoms with E-state index in [-0.39, 0.29) is 22.8 Å². The smallest absolute Gasteiger partial charge is 0.270 e. The van der Waals surface area contributed by atoms with Gasteiger partial charge in [0.1, 0.15) is 0 Å². The van der Waals surface area contributed by atoms with Crippen molar-refractivity contribution in [3.05, 3.63) is 50.0 Å². The van der Waals surface area contributed by atoms with Gasteiger partial charge in [0.25, 0.3) is 11.6 Å². The number of benzene rings is 1. The Bertz CT molecular complexity index is 490. The van der Waals surface area contributed by atoms with Gasteiger partial charge in [-0.25, -0.2) is 0 Å². The fourth-order valence-electron chi connectivity index (χ4n) is 1.07. The van der Waals surface area contributed by atoms with Gasteiger partial charge in [-0.1, -0.05) is 34.1 Å². The summed E-state index contributed by atoms with van der Waals surface area (Å²) in [6.45, 7) is 3.77. The van der Waals surface area contributed by atoms with Crippen LogP contribution in [0.2, 0.25) is 5.02 Å². The van der Waals surface area contributed by atoms with Crippen LogP contribution in [-0.4, -0.2) is 17.4 Å². The summed E-state index contributed by atoms with van der Waals surface area (Å²) >= 11 is 8.87. The molecule has 90 valence electrons. The van der Waals surface area contributed by atoms with Gasteiger partial charge < -0.3 is 5.32 Å². The topological polar surface area (TPSA) is 72.2 Å². The van der Waals surface area contributed by atoms with Crippen molar-refractivity contribution in [2.45, 2.75) is 0 Å². The number of amides is 1. The second-order valence-electron chi connectivity index (χ2n) is 3.12. The Kier molecular flexibility index (Phi) is 4.65. The first-order chi connectivity index (χ1) is 7.91. The van der Waals surface area contributed by atoms with Crippen molar-refractivity contribution in [1.82, 2.24) is 5.32 Å². The number of rotatable bonds is 4. The summed E-state index contributed by atoms with van der Waals surface area (Å²) < 4.78 is 0.590. The minimum Gasteiger partial charge on any atom is -0.347 e. The van der Waals surface area contributed by atoms with Crippen LogP contribution >= 0.6 is 27.5 Å². The number of halogens is 2. The molecule has 7 heteroatoms. The number of nitrogens with zero attached hydrogens (tertiary/aromatic N) is 1. The van der Waals surface area contributed by atoms with Crippen molar-refractivity contribution < 1.29 is 9.72 Å². The second kappa shape index (κ2) is 5.79. The third-order valence-corrected chi connectivity index (χ3v) is 2.46. The average Bonchev–Trinajstić information content (AvgIpc) is 2.26. The van der Waals surface area contributed by atoms with Crippen molar-refractivity contribution in [2.24, 2.45) is 0 Å². The van der Waals surface area contributed by atoms with E-state index in [2.05, 4.69) is 27.8 Å². The zero-order chi connectivity index (χ0) is 13.0. The molecule has 0 radical (unpaired) electrons. The molecule has 0 aliphatic carbocycles. The first-order valence-corrected chi connectivity index (χ1v) is 5.64. The molecule has 1 rings (SSSR count). The highest BCUT2D eigenvalue weighted by atomic mass is 79.9. The van der Waals surface area contributed by atoms with Gasteiger partial charge in [0.05, 0.1) is 15.5 Å². The van der Waals surface area contributed by atoms with Gasteiger partial charge >= 0.3 is 0 Å². The minimum absolute atomic E-state index is 0.0645. The molecule has 0 aliphatic rings. The first-order valence-electron chi connectivity index (χ1n) is 4.47. The highest BCUT2D eigenvalue weighted by Gasteiger charge is 2.15. The number of hydrogen-bond donors (Lipinski definition) is 1. The fraction of sp³-hybridized carbons (Fsp3) is 0.100. The predicted octanol–water partition coefficient (Wildman–Crippen LogP) is 2.89. The lowest BCUT2D eigenvalue weighted by Gasteiger charge is -2.05. The van der Waals surface area contributed by atoms with Gasteiger partial charge in [0, 0.05) is 23.2 Å². The predicted molar refractivity (Wildman–Crippen MR) is 68.5 cm³/mol. The molecule has 0 bridgehead atoms. The number of carbonyl (C=O) groups is 1. The van der Waals surface area contributed by atoms with E-state index in [0.29, 0.717) is 4.48 Å². The Morgan fingerprint density at radius 1 is 1.59 bits per heavy atom. The van der Waals surface area contributed by atoms with Crippen LogP contribution in [0.3, 0.4) is 0 Å². The van der Waals surface area contributed by atoms with Gasteiger partial charge in [0.2, 0.25) is 0 Å². The van der Waals surface area contributed by atoms with Crippen LogP contribution in [0, 0.1) is 10.1 Å². The van der Waals surface area contributed by atoms with E-state index < -0.39 is 10.8 Å². The minimum atomic E-state index is -0.587. The van der Waals surface area contributed by atoms with E-state index in [0.717, 1.165) is 6.07 Å². The van der Waals surface area contributed by atoms with Crippen LogP contribution in [0.25, 0.3) is 0 Å². The van der Waals surface area contributed by atoms with Gasteiger partial charge in [-0.05, 0) is 6.07 Å². The third-order valence-electron chi connectivity index (χ3n) is 1.85. The number of non-ortho nitro benzene ring substituents is 1. The number of carbonyl (C=O) groups excluding carboxylic acids is 1. The van der Waals surface area contributed by atoms with E-state index in [4.69, 9.17) is 11.6 Å². The van der Waals surface area contributed by atoms with E-state index in [1.165, 1.54) is 12.1 Å². The van der Waals surface area contributed by atoms with Crippen molar-refractivity contribution >= 4 is 39.1 Å². The summed E-state index contributed by atoms with van der Waals surface area (Å²) in [4.78, 5) is 21.6. The molecule has 0 unspecified atom stereocenters. The molecule has 1 aromatic rings. The Hall–Kier alpha value is -1.40. The van der Waals surface area contributed by atoms with Crippen molar-refractivity contribution in [3.8, 4) is 0 Å². The zero-order valence-electron chi connectivity index (χ0n) is 8.57. The molecule has 1 N–H and O–H groups in total. The molecule has 0 atom stereocenters. The summed E-state index contributed by atoms with van der Waals surface area (Å²) in [6, 6.07) is 3.69. The van der Waals surface area contributed by atoms with E-state index in [1.54, 1.807) is 0 Å². The maximum Gasteiger partial charge on any atom is 0.270 e. The van der Waals surface area contributed by atoms with E-state index in [9.17, 15) is 14.9 Å². The summed E-state index contributed by atoms with van der Waals surface area (Å²) in [7, 11) is 0. The normalized spacial score (nSPS) is 9.76. The Labute approximate surface area is 111 Å². The number of nitrogens with one attached hydrogen (secondary N) is 1. The van der Waals surface area contributed by atoms with Gasteiger partial charge in [-0.15, -0.1) is 0 Å². The highest BCUT2D eigenvalue weighted by Crippen LogP contribution is 2.21. The van der Waals surface area contributed by atoms with Gasteiger partial charge in [0.15, 0.2) is 0 Å².